The van der Waals surface area contributed by atoms with Gasteiger partial charge in [0.05, 0.1) is 10.6 Å². The van der Waals surface area contributed by atoms with Crippen molar-refractivity contribution in [3.63, 3.8) is 0 Å². The van der Waals surface area contributed by atoms with E-state index >= 15 is 0 Å². The van der Waals surface area contributed by atoms with E-state index in [2.05, 4.69) is 5.32 Å². The zero-order valence-corrected chi connectivity index (χ0v) is 13.8. The van der Waals surface area contributed by atoms with Crippen LogP contribution in [0.2, 0.25) is 5.02 Å². The second-order valence-electron chi connectivity index (χ2n) is 6.02. The van der Waals surface area contributed by atoms with Gasteiger partial charge < -0.3 is 5.32 Å². The van der Waals surface area contributed by atoms with Crippen LogP contribution in [0, 0.1) is 10.1 Å². The zero-order valence-electron chi connectivity index (χ0n) is 13.0. The number of non-ortho nitro benzene ring substituents is 1. The molecule has 1 heterocycles. The van der Waals surface area contributed by atoms with Crippen molar-refractivity contribution in [1.29, 1.82) is 0 Å². The summed E-state index contributed by atoms with van der Waals surface area (Å²) in [7, 11) is 0. The lowest BCUT2D eigenvalue weighted by molar-refractivity contribution is -0.384. The Labute approximate surface area is 148 Å². The van der Waals surface area contributed by atoms with Crippen LogP contribution in [0.1, 0.15) is 23.5 Å². The van der Waals surface area contributed by atoms with E-state index in [9.17, 15) is 14.9 Å². The molecule has 0 radical (unpaired) electrons. The molecule has 0 saturated heterocycles. The third-order valence-corrected chi connectivity index (χ3v) is 4.90. The fourth-order valence-electron chi connectivity index (χ4n) is 3.39. The number of anilines is 1. The van der Waals surface area contributed by atoms with Crippen molar-refractivity contribution in [3.05, 3.63) is 80.9 Å². The molecule has 1 amide bonds. The molecule has 5 nitrogen and oxygen atoms in total. The molecule has 0 unspecified atom stereocenters. The third kappa shape index (κ3) is 2.62. The highest BCUT2D eigenvalue weighted by atomic mass is 35.5. The molecule has 0 aromatic heterocycles. The van der Waals surface area contributed by atoms with Crippen LogP contribution in [-0.2, 0) is 4.79 Å². The van der Waals surface area contributed by atoms with Gasteiger partial charge in [-0.2, -0.15) is 0 Å². The highest BCUT2D eigenvalue weighted by Crippen LogP contribution is 2.43. The number of halogens is 1. The molecule has 0 bridgehead atoms. The van der Waals surface area contributed by atoms with E-state index in [0.717, 1.165) is 22.0 Å². The smallest absolute Gasteiger partial charge is 0.269 e. The largest absolute Gasteiger partial charge is 0.325 e. The molecule has 3 aromatic rings. The molecule has 1 aliphatic rings. The summed E-state index contributed by atoms with van der Waals surface area (Å²) in [5.74, 6) is -0.447. The topological polar surface area (TPSA) is 72.2 Å². The second-order valence-corrected chi connectivity index (χ2v) is 6.43. The Morgan fingerprint density at radius 1 is 1.08 bits per heavy atom. The summed E-state index contributed by atoms with van der Waals surface area (Å²) >= 11 is 6.31. The molecule has 25 heavy (non-hydrogen) atoms. The number of fused-ring (bicyclic) bond motifs is 3. The number of nitrogens with zero attached hydrogens (tertiary/aromatic N) is 1. The monoisotopic (exact) mass is 352 g/mol. The van der Waals surface area contributed by atoms with Crippen LogP contribution < -0.4 is 5.32 Å². The van der Waals surface area contributed by atoms with Crippen molar-refractivity contribution >= 4 is 39.7 Å². The van der Waals surface area contributed by atoms with Gasteiger partial charge in [0.25, 0.3) is 5.69 Å². The van der Waals surface area contributed by atoms with Gasteiger partial charge in [0.2, 0.25) is 5.91 Å². The number of rotatable bonds is 2. The fourth-order valence-corrected chi connectivity index (χ4v) is 3.64. The summed E-state index contributed by atoms with van der Waals surface area (Å²) in [5.41, 5.74) is 2.23. The lowest BCUT2D eigenvalue weighted by Gasteiger charge is -2.27. The Hall–Kier alpha value is -2.92. The maximum absolute atomic E-state index is 12.3. The van der Waals surface area contributed by atoms with Crippen molar-refractivity contribution in [3.8, 4) is 0 Å². The van der Waals surface area contributed by atoms with E-state index in [0.29, 0.717) is 10.6 Å². The van der Waals surface area contributed by atoms with Crippen LogP contribution in [0.3, 0.4) is 0 Å². The predicted molar refractivity (Wildman–Crippen MR) is 97.1 cm³/mol. The van der Waals surface area contributed by atoms with Crippen LogP contribution in [0.25, 0.3) is 10.8 Å². The first-order chi connectivity index (χ1) is 12.0. The molecule has 3 aromatic carbocycles. The van der Waals surface area contributed by atoms with E-state index in [1.54, 1.807) is 0 Å². The molecule has 0 saturated carbocycles. The van der Waals surface area contributed by atoms with E-state index < -0.39 is 4.92 Å². The van der Waals surface area contributed by atoms with Gasteiger partial charge in [0, 0.05) is 34.9 Å². The minimum atomic E-state index is -0.454. The minimum Gasteiger partial charge on any atom is -0.325 e. The van der Waals surface area contributed by atoms with Crippen molar-refractivity contribution < 1.29 is 9.72 Å². The molecule has 1 atom stereocenters. The highest BCUT2D eigenvalue weighted by Gasteiger charge is 2.30. The van der Waals surface area contributed by atoms with Gasteiger partial charge in [-0.25, -0.2) is 0 Å². The van der Waals surface area contributed by atoms with Crippen LogP contribution in [0.15, 0.2) is 54.6 Å². The molecule has 0 fully saturated rings. The Morgan fingerprint density at radius 3 is 2.68 bits per heavy atom. The summed E-state index contributed by atoms with van der Waals surface area (Å²) in [6.45, 7) is 0. The van der Waals surface area contributed by atoms with Gasteiger partial charge in [-0.1, -0.05) is 48.0 Å². The summed E-state index contributed by atoms with van der Waals surface area (Å²) in [4.78, 5) is 23.0. The van der Waals surface area contributed by atoms with Gasteiger partial charge >= 0.3 is 0 Å². The SMILES string of the molecule is O=C1C[C@@H](c2cc([N+](=O)[O-])ccc2Cl)c2ccc3ccccc3c2N1. The van der Waals surface area contributed by atoms with Gasteiger partial charge in [0.1, 0.15) is 0 Å². The standard InChI is InChI=1S/C19H13ClN2O3/c20-17-8-6-12(22(24)25)9-16(17)15-10-18(23)21-19-13-4-2-1-3-11(13)5-7-14(15)19/h1-9,15H,10H2,(H,21,23)/t15-/m1/s1. The number of nitro benzene ring substituents is 1. The third-order valence-electron chi connectivity index (χ3n) is 4.56. The van der Waals surface area contributed by atoms with E-state index in [1.165, 1.54) is 18.2 Å². The molecule has 4 rings (SSSR count). The average Bonchev–Trinajstić information content (AvgIpc) is 2.61. The van der Waals surface area contributed by atoms with Gasteiger partial charge in [-0.05, 0) is 22.6 Å². The van der Waals surface area contributed by atoms with Gasteiger partial charge in [-0.15, -0.1) is 0 Å². The van der Waals surface area contributed by atoms with Crippen molar-refractivity contribution in [2.75, 3.05) is 5.32 Å². The molecule has 0 spiro atoms. The summed E-state index contributed by atoms with van der Waals surface area (Å²) in [6.07, 6.45) is 0.201. The lowest BCUT2D eigenvalue weighted by Crippen LogP contribution is -2.24. The van der Waals surface area contributed by atoms with Gasteiger partial charge in [0.15, 0.2) is 0 Å². The lowest BCUT2D eigenvalue weighted by atomic mass is 9.83. The van der Waals surface area contributed by atoms with E-state index in [1.807, 2.05) is 36.4 Å². The van der Waals surface area contributed by atoms with E-state index in [-0.39, 0.29) is 23.9 Å². The first-order valence-corrected chi connectivity index (χ1v) is 8.18. The second kappa shape index (κ2) is 5.86. The maximum atomic E-state index is 12.3. The van der Waals surface area contributed by atoms with Crippen LogP contribution in [-0.4, -0.2) is 10.8 Å². The Bertz CT molecular complexity index is 1030. The molecular weight excluding hydrogens is 340 g/mol. The molecule has 1 aliphatic heterocycles. The predicted octanol–water partition coefficient (Wildman–Crippen LogP) is 4.88. The summed E-state index contributed by atoms with van der Waals surface area (Å²) in [5, 5.41) is 16.4. The van der Waals surface area contributed by atoms with Crippen molar-refractivity contribution in [2.45, 2.75) is 12.3 Å². The number of carbonyl (C=O) groups is 1. The number of nitrogens with one attached hydrogen (secondary N) is 1. The number of hydrogen-bond acceptors (Lipinski definition) is 3. The van der Waals surface area contributed by atoms with Crippen LogP contribution in [0.5, 0.6) is 0 Å². The first-order valence-electron chi connectivity index (χ1n) is 7.80. The quantitative estimate of drug-likeness (QED) is 0.528. The number of benzene rings is 3. The van der Waals surface area contributed by atoms with E-state index in [4.69, 9.17) is 11.6 Å². The summed E-state index contributed by atoms with van der Waals surface area (Å²) < 4.78 is 0. The molecule has 124 valence electrons. The summed E-state index contributed by atoms with van der Waals surface area (Å²) in [6, 6.07) is 16.1. The Balaban J connectivity index is 1.94. The average molecular weight is 353 g/mol. The van der Waals surface area contributed by atoms with Crippen molar-refractivity contribution in [1.82, 2.24) is 0 Å². The number of carbonyl (C=O) groups excluding carboxylic acids is 1. The number of nitro groups is 1. The van der Waals surface area contributed by atoms with Crippen molar-refractivity contribution in [2.24, 2.45) is 0 Å². The zero-order chi connectivity index (χ0) is 17.6. The molecule has 6 heteroatoms. The number of amides is 1. The maximum Gasteiger partial charge on any atom is 0.269 e. The highest BCUT2D eigenvalue weighted by molar-refractivity contribution is 6.31. The fraction of sp³-hybridized carbons (Fsp3) is 0.105. The van der Waals surface area contributed by atoms with Crippen LogP contribution in [0.4, 0.5) is 11.4 Å². The molecule has 1 N–H and O–H groups in total. The Kier molecular flexibility index (Phi) is 3.66. The minimum absolute atomic E-state index is 0.0345. The molecule has 0 aliphatic carbocycles. The Morgan fingerprint density at radius 2 is 1.88 bits per heavy atom. The number of hydrogen-bond donors (Lipinski definition) is 1. The molecular formula is C19H13ClN2O3. The van der Waals surface area contributed by atoms with Gasteiger partial charge in [-0.3, -0.25) is 14.9 Å². The normalized spacial score (nSPS) is 16.4. The first kappa shape index (κ1) is 15.6. The van der Waals surface area contributed by atoms with Crippen LogP contribution >= 0.6 is 11.6 Å².